The largest absolute Gasteiger partial charge is 0.310 e. The molecule has 43 heavy (non-hydrogen) atoms. The van der Waals surface area contributed by atoms with Gasteiger partial charge in [0.2, 0.25) is 0 Å². The molecule has 0 bridgehead atoms. The number of fused-ring (bicyclic) bond motifs is 6. The van der Waals surface area contributed by atoms with Crippen LogP contribution in [0.5, 0.6) is 0 Å². The van der Waals surface area contributed by atoms with Gasteiger partial charge in [-0.2, -0.15) is 0 Å². The summed E-state index contributed by atoms with van der Waals surface area (Å²) in [6.45, 7) is 19.3. The SMILES string of the molecule is CC1(C)c2ccccc2-c2cc(N(c3ccccc3)c3cccc4c3C(C)(C)C(C)(C)c3ccccc3-4)ccc2C1(C)C. The first-order chi connectivity index (χ1) is 20.4. The lowest BCUT2D eigenvalue weighted by atomic mass is 9.55. The van der Waals surface area contributed by atoms with Crippen molar-refractivity contribution in [3.63, 3.8) is 0 Å². The third kappa shape index (κ3) is 3.70. The van der Waals surface area contributed by atoms with Crippen LogP contribution < -0.4 is 4.90 Å². The third-order valence-corrected chi connectivity index (χ3v) is 11.8. The summed E-state index contributed by atoms with van der Waals surface area (Å²) in [6.07, 6.45) is 0. The Balaban J connectivity index is 1.52. The van der Waals surface area contributed by atoms with Crippen LogP contribution in [0.25, 0.3) is 22.3 Å². The molecule has 0 heterocycles. The molecule has 2 aliphatic rings. The number of rotatable bonds is 3. The van der Waals surface area contributed by atoms with E-state index in [-0.39, 0.29) is 21.7 Å². The number of para-hydroxylation sites is 1. The number of anilines is 3. The molecule has 0 spiro atoms. The highest BCUT2D eigenvalue weighted by Gasteiger charge is 2.48. The van der Waals surface area contributed by atoms with E-state index in [0.717, 1.165) is 0 Å². The van der Waals surface area contributed by atoms with Gasteiger partial charge in [-0.3, -0.25) is 0 Å². The fourth-order valence-corrected chi connectivity index (χ4v) is 7.90. The molecule has 0 saturated heterocycles. The molecule has 1 heteroatoms. The van der Waals surface area contributed by atoms with Gasteiger partial charge in [-0.25, -0.2) is 0 Å². The Hall–Kier alpha value is -4.10. The number of benzene rings is 5. The molecule has 216 valence electrons. The molecule has 0 atom stereocenters. The summed E-state index contributed by atoms with van der Waals surface area (Å²) in [5.74, 6) is 0. The van der Waals surface area contributed by atoms with E-state index in [2.05, 4.69) is 176 Å². The van der Waals surface area contributed by atoms with Gasteiger partial charge in [0, 0.05) is 16.8 Å². The molecule has 0 amide bonds. The third-order valence-electron chi connectivity index (χ3n) is 11.8. The average molecular weight is 562 g/mol. The monoisotopic (exact) mass is 561 g/mol. The van der Waals surface area contributed by atoms with E-state index in [1.165, 1.54) is 61.6 Å². The van der Waals surface area contributed by atoms with Crippen molar-refractivity contribution in [2.75, 3.05) is 4.90 Å². The van der Waals surface area contributed by atoms with Crippen LogP contribution in [0, 0.1) is 0 Å². The zero-order valence-corrected chi connectivity index (χ0v) is 26.9. The molecule has 0 radical (unpaired) electrons. The summed E-state index contributed by atoms with van der Waals surface area (Å²) in [4.78, 5) is 2.50. The fraction of sp³-hybridized carbons (Fsp3) is 0.286. The Kier molecular flexibility index (Phi) is 5.93. The Labute approximate surface area is 258 Å². The van der Waals surface area contributed by atoms with Gasteiger partial charge in [0.1, 0.15) is 0 Å². The highest BCUT2D eigenvalue weighted by Crippen LogP contribution is 2.59. The van der Waals surface area contributed by atoms with E-state index in [0.29, 0.717) is 0 Å². The summed E-state index contributed by atoms with van der Waals surface area (Å²) in [7, 11) is 0. The number of hydrogen-bond acceptors (Lipinski definition) is 1. The average Bonchev–Trinajstić information content (AvgIpc) is 3.00. The van der Waals surface area contributed by atoms with Crippen LogP contribution in [0.2, 0.25) is 0 Å². The van der Waals surface area contributed by atoms with E-state index in [1.54, 1.807) is 0 Å². The van der Waals surface area contributed by atoms with Crippen molar-refractivity contribution in [1.29, 1.82) is 0 Å². The maximum absolute atomic E-state index is 2.50. The standard InChI is InChI=1S/C42H43N/c1-39(2)35-23-15-13-20-31(35)33-27-29(25-26-36(33)40(39,3)4)43(28-17-10-9-11-18-28)37-24-16-21-32-30-19-12-14-22-34(30)41(5,6)42(7,8)38(32)37/h9-27H,1-8H3. The van der Waals surface area contributed by atoms with Crippen LogP contribution in [0.1, 0.15) is 77.6 Å². The topological polar surface area (TPSA) is 3.24 Å². The molecule has 1 nitrogen and oxygen atoms in total. The summed E-state index contributed by atoms with van der Waals surface area (Å²) in [5.41, 5.74) is 14.5. The van der Waals surface area contributed by atoms with Gasteiger partial charge in [0.25, 0.3) is 0 Å². The summed E-state index contributed by atoms with van der Waals surface area (Å²) in [6, 6.07) is 43.0. The van der Waals surface area contributed by atoms with E-state index >= 15 is 0 Å². The Morgan fingerprint density at radius 1 is 0.372 bits per heavy atom. The zero-order valence-electron chi connectivity index (χ0n) is 26.9. The quantitative estimate of drug-likeness (QED) is 0.212. The predicted molar refractivity (Wildman–Crippen MR) is 184 cm³/mol. The second-order valence-electron chi connectivity index (χ2n) is 14.7. The lowest BCUT2D eigenvalue weighted by Gasteiger charge is -2.50. The highest BCUT2D eigenvalue weighted by molar-refractivity contribution is 5.90. The highest BCUT2D eigenvalue weighted by atomic mass is 15.1. The Morgan fingerprint density at radius 3 is 1.49 bits per heavy atom. The predicted octanol–water partition coefficient (Wildman–Crippen LogP) is 11.6. The first-order valence-corrected chi connectivity index (χ1v) is 15.7. The molecule has 5 aromatic rings. The van der Waals surface area contributed by atoms with E-state index < -0.39 is 0 Å². The molecule has 0 aliphatic heterocycles. The van der Waals surface area contributed by atoms with Crippen LogP contribution in [0.4, 0.5) is 17.1 Å². The summed E-state index contributed by atoms with van der Waals surface area (Å²) in [5, 5.41) is 0. The van der Waals surface area contributed by atoms with Crippen LogP contribution in [-0.4, -0.2) is 0 Å². The summed E-state index contributed by atoms with van der Waals surface area (Å²) < 4.78 is 0. The molecule has 2 aliphatic carbocycles. The smallest absolute Gasteiger partial charge is 0.0505 e. The van der Waals surface area contributed by atoms with Crippen LogP contribution in [0.3, 0.4) is 0 Å². The normalized spacial score (nSPS) is 18.0. The van der Waals surface area contributed by atoms with Crippen molar-refractivity contribution in [2.45, 2.75) is 77.0 Å². The summed E-state index contributed by atoms with van der Waals surface area (Å²) >= 11 is 0. The van der Waals surface area contributed by atoms with Crippen molar-refractivity contribution < 1.29 is 0 Å². The molecule has 5 aromatic carbocycles. The van der Waals surface area contributed by atoms with E-state index in [1.807, 2.05) is 0 Å². The van der Waals surface area contributed by atoms with Gasteiger partial charge in [-0.15, -0.1) is 0 Å². The van der Waals surface area contributed by atoms with Gasteiger partial charge in [-0.05, 0) is 91.1 Å². The molecule has 7 rings (SSSR count). The van der Waals surface area contributed by atoms with Gasteiger partial charge >= 0.3 is 0 Å². The molecular weight excluding hydrogens is 518 g/mol. The van der Waals surface area contributed by atoms with Gasteiger partial charge < -0.3 is 4.90 Å². The Morgan fingerprint density at radius 2 is 0.860 bits per heavy atom. The molecule has 0 unspecified atom stereocenters. The first-order valence-electron chi connectivity index (χ1n) is 15.7. The second kappa shape index (κ2) is 9.20. The lowest BCUT2D eigenvalue weighted by molar-refractivity contribution is 0.299. The molecule has 0 fully saturated rings. The van der Waals surface area contributed by atoms with Gasteiger partial charge in [0.15, 0.2) is 0 Å². The maximum atomic E-state index is 2.50. The number of hydrogen-bond donors (Lipinski definition) is 0. The van der Waals surface area contributed by atoms with Crippen molar-refractivity contribution in [2.24, 2.45) is 0 Å². The minimum absolute atomic E-state index is 0.0126. The molecular formula is C42H43N. The minimum Gasteiger partial charge on any atom is -0.310 e. The zero-order chi connectivity index (χ0) is 30.4. The van der Waals surface area contributed by atoms with Crippen molar-refractivity contribution in [3.8, 4) is 22.3 Å². The second-order valence-corrected chi connectivity index (χ2v) is 14.7. The van der Waals surface area contributed by atoms with Crippen LogP contribution in [-0.2, 0) is 21.7 Å². The first kappa shape index (κ1) is 27.7. The van der Waals surface area contributed by atoms with E-state index in [4.69, 9.17) is 0 Å². The van der Waals surface area contributed by atoms with Gasteiger partial charge in [0.05, 0.1) is 5.69 Å². The van der Waals surface area contributed by atoms with Gasteiger partial charge in [-0.1, -0.05) is 140 Å². The van der Waals surface area contributed by atoms with Crippen molar-refractivity contribution >= 4 is 17.1 Å². The number of nitrogens with zero attached hydrogens (tertiary/aromatic N) is 1. The van der Waals surface area contributed by atoms with Crippen LogP contribution >= 0.6 is 0 Å². The van der Waals surface area contributed by atoms with Crippen molar-refractivity contribution in [3.05, 3.63) is 138 Å². The molecule has 0 aromatic heterocycles. The van der Waals surface area contributed by atoms with Crippen LogP contribution in [0.15, 0.2) is 115 Å². The van der Waals surface area contributed by atoms with Crippen molar-refractivity contribution in [1.82, 2.24) is 0 Å². The fourth-order valence-electron chi connectivity index (χ4n) is 7.90. The lowest BCUT2D eigenvalue weighted by Crippen LogP contribution is -2.44. The Bertz CT molecular complexity index is 1870. The molecule has 0 saturated carbocycles. The molecule has 0 N–H and O–H groups in total. The van der Waals surface area contributed by atoms with E-state index in [9.17, 15) is 0 Å². The minimum atomic E-state index is -0.118. The maximum Gasteiger partial charge on any atom is 0.0505 e.